The summed E-state index contributed by atoms with van der Waals surface area (Å²) in [5.74, 6) is -1.54. The molecule has 0 aliphatic carbocycles. The van der Waals surface area contributed by atoms with Gasteiger partial charge < -0.3 is 0 Å². The number of methoxy groups -OCH3 is 2. The third kappa shape index (κ3) is 6.98. The van der Waals surface area contributed by atoms with Gasteiger partial charge in [0.2, 0.25) is 0 Å². The van der Waals surface area contributed by atoms with E-state index >= 15 is 0 Å². The average molecular weight is 553 g/mol. The second-order valence-electron chi connectivity index (χ2n) is 9.41. The normalized spacial score (nSPS) is 12.9. The van der Waals surface area contributed by atoms with Gasteiger partial charge in [-0.15, -0.1) is 0 Å². The Morgan fingerprint density at radius 1 is 0.757 bits per heavy atom. The Morgan fingerprint density at radius 3 is 1.73 bits per heavy atom. The summed E-state index contributed by atoms with van der Waals surface area (Å²) in [7, 11) is -2.12. The number of carbonyl (C=O) groups is 2. The van der Waals surface area contributed by atoms with Crippen molar-refractivity contribution in [3.05, 3.63) is 59.7 Å². The first-order chi connectivity index (χ1) is 17.6. The van der Waals surface area contributed by atoms with Gasteiger partial charge in [0, 0.05) is 0 Å². The number of carbonyl (C=O) groups excluding carboxylic acids is 2. The van der Waals surface area contributed by atoms with Crippen molar-refractivity contribution in [2.45, 2.75) is 64.2 Å². The summed E-state index contributed by atoms with van der Waals surface area (Å²) in [6, 6.07) is 13.5. The Balaban J connectivity index is 2.89. The molecule has 206 valence electrons. The molecule has 0 aromatic heterocycles. The molecule has 0 saturated heterocycles. The van der Waals surface area contributed by atoms with Crippen LogP contribution in [-0.4, -0.2) is 53.1 Å². The van der Waals surface area contributed by atoms with Crippen LogP contribution in [0.25, 0.3) is 0 Å². The van der Waals surface area contributed by atoms with Gasteiger partial charge in [-0.25, -0.2) is 0 Å². The molecule has 9 heteroatoms. The first kappa shape index (κ1) is 30.9. The zero-order chi connectivity index (χ0) is 27.6. The summed E-state index contributed by atoms with van der Waals surface area (Å²) in [6.45, 7) is 2.65. The number of unbranched alkanes of at least 4 members (excludes halogenated alkanes) is 3. The molecule has 0 spiro atoms. The zero-order valence-electron chi connectivity index (χ0n) is 22.7. The van der Waals surface area contributed by atoms with Crippen LogP contribution in [0.2, 0.25) is 0 Å². The number of hydrogen-bond donors (Lipinski definition) is 0. The zero-order valence-corrected chi connectivity index (χ0v) is 24.4. The van der Waals surface area contributed by atoms with Crippen molar-refractivity contribution in [2.24, 2.45) is 0 Å². The number of hydrogen-bond acceptors (Lipinski definition) is 7. The molecule has 0 unspecified atom stereocenters. The standard InChI is InChI=1S/C28H41O7PS/c1-6-9-19-36(20-10-7-2,21-11-8-3,24-15-13-12-14-16-24)35-37(31,32)26-22-23(27(29)33-4)17-18-25(26)28(30)34-5/h12-18,22H,6-11,19-21H2,1-5H3. The predicted molar refractivity (Wildman–Crippen MR) is 150 cm³/mol. The van der Waals surface area contributed by atoms with Crippen molar-refractivity contribution in [2.75, 3.05) is 32.7 Å². The fourth-order valence-corrected chi connectivity index (χ4v) is 14.6. The van der Waals surface area contributed by atoms with Crippen LogP contribution in [-0.2, 0) is 23.6 Å². The molecule has 0 bridgehead atoms. The van der Waals surface area contributed by atoms with E-state index in [1.165, 1.54) is 26.4 Å². The van der Waals surface area contributed by atoms with Gasteiger partial charge in [-0.2, -0.15) is 0 Å². The van der Waals surface area contributed by atoms with Crippen molar-refractivity contribution in [3.8, 4) is 0 Å². The van der Waals surface area contributed by atoms with Gasteiger partial charge in [0.25, 0.3) is 0 Å². The topological polar surface area (TPSA) is 96.0 Å². The van der Waals surface area contributed by atoms with E-state index in [1.807, 2.05) is 30.3 Å². The molecule has 37 heavy (non-hydrogen) atoms. The molecule has 0 aliphatic rings. The first-order valence-electron chi connectivity index (χ1n) is 13.0. The van der Waals surface area contributed by atoms with E-state index in [4.69, 9.17) is 13.4 Å². The van der Waals surface area contributed by atoms with E-state index in [-0.39, 0.29) is 16.0 Å². The van der Waals surface area contributed by atoms with E-state index < -0.39 is 28.9 Å². The fraction of sp³-hybridized carbons (Fsp3) is 0.500. The summed E-state index contributed by atoms with van der Waals surface area (Å²) in [4.78, 5) is 24.5. The molecule has 0 amide bonds. The van der Waals surface area contributed by atoms with Gasteiger partial charge in [-0.1, -0.05) is 0 Å². The van der Waals surface area contributed by atoms with Crippen molar-refractivity contribution in [1.29, 1.82) is 0 Å². The van der Waals surface area contributed by atoms with Gasteiger partial charge >= 0.3 is 222 Å². The third-order valence-electron chi connectivity index (χ3n) is 6.87. The van der Waals surface area contributed by atoms with Crippen LogP contribution in [0, 0.1) is 0 Å². The average Bonchev–Trinajstić information content (AvgIpc) is 2.93. The molecule has 7 nitrogen and oxygen atoms in total. The van der Waals surface area contributed by atoms with Crippen molar-refractivity contribution in [1.82, 2.24) is 0 Å². The van der Waals surface area contributed by atoms with Crippen LogP contribution < -0.4 is 5.30 Å². The van der Waals surface area contributed by atoms with E-state index in [1.54, 1.807) is 0 Å². The summed E-state index contributed by atoms with van der Waals surface area (Å²) >= 11 is 0. The molecule has 0 atom stereocenters. The predicted octanol–water partition coefficient (Wildman–Crippen LogP) is 6.16. The summed E-state index contributed by atoms with van der Waals surface area (Å²) in [6.07, 6.45) is 6.94. The van der Waals surface area contributed by atoms with Gasteiger partial charge in [0.1, 0.15) is 0 Å². The maximum atomic E-state index is 14.3. The van der Waals surface area contributed by atoms with Gasteiger partial charge in [-0.05, 0) is 0 Å². The number of benzene rings is 2. The number of esters is 2. The minimum atomic E-state index is -4.52. The SMILES string of the molecule is CCCCP(CCCC)(CCCC)(OS(=O)(=O)c1cc(C(=O)OC)ccc1C(=O)OC)c1ccccc1. The first-order valence-corrected chi connectivity index (χ1v) is 17.1. The van der Waals surface area contributed by atoms with Crippen LogP contribution in [0.3, 0.4) is 0 Å². The molecule has 0 saturated carbocycles. The second-order valence-corrected chi connectivity index (χ2v) is 16.5. The Morgan fingerprint density at radius 2 is 1.27 bits per heavy atom. The molecule has 0 radical (unpaired) electrons. The molecule has 2 aromatic rings. The van der Waals surface area contributed by atoms with Crippen LogP contribution in [0.5, 0.6) is 0 Å². The fourth-order valence-electron chi connectivity index (χ4n) is 4.81. The Hall–Kier alpha value is -2.28. The minimum absolute atomic E-state index is 0.00744. The quantitative estimate of drug-likeness (QED) is 0.193. The Kier molecular flexibility index (Phi) is 11.3. The summed E-state index contributed by atoms with van der Waals surface area (Å²) in [5.41, 5.74) is -0.172. The van der Waals surface area contributed by atoms with E-state index in [9.17, 15) is 18.0 Å². The molecular weight excluding hydrogens is 511 g/mol. The monoisotopic (exact) mass is 552 g/mol. The molecule has 0 aliphatic heterocycles. The van der Waals surface area contributed by atoms with Gasteiger partial charge in [0.15, 0.2) is 0 Å². The van der Waals surface area contributed by atoms with Crippen LogP contribution >= 0.6 is 6.83 Å². The van der Waals surface area contributed by atoms with E-state index in [2.05, 4.69) is 20.8 Å². The molecule has 0 heterocycles. The van der Waals surface area contributed by atoms with Crippen molar-refractivity contribution in [3.63, 3.8) is 0 Å². The number of rotatable bonds is 15. The maximum absolute atomic E-state index is 14.3. The molecular formula is C28H41O7PS. The van der Waals surface area contributed by atoms with Crippen molar-refractivity contribution >= 4 is 34.2 Å². The van der Waals surface area contributed by atoms with E-state index in [0.29, 0.717) is 18.5 Å². The Bertz CT molecular complexity index is 1140. The van der Waals surface area contributed by atoms with Gasteiger partial charge in [0.05, 0.1) is 0 Å². The van der Waals surface area contributed by atoms with Crippen molar-refractivity contribution < 1.29 is 31.5 Å². The molecule has 0 fully saturated rings. The third-order valence-corrected chi connectivity index (χ3v) is 15.8. The van der Waals surface area contributed by atoms with Gasteiger partial charge in [-0.3, -0.25) is 0 Å². The molecule has 0 N–H and O–H groups in total. The van der Waals surface area contributed by atoms with Crippen LogP contribution in [0.15, 0.2) is 53.4 Å². The van der Waals surface area contributed by atoms with Crippen LogP contribution in [0.1, 0.15) is 80.0 Å². The summed E-state index contributed by atoms with van der Waals surface area (Å²) in [5, 5.41) is 0.927. The second kappa shape index (κ2) is 13.5. The molecule has 2 aromatic carbocycles. The van der Waals surface area contributed by atoms with Crippen LogP contribution in [0.4, 0.5) is 0 Å². The molecule has 2 rings (SSSR count). The van der Waals surface area contributed by atoms with E-state index in [0.717, 1.165) is 49.9 Å². The summed E-state index contributed by atoms with van der Waals surface area (Å²) < 4.78 is 44.8. The Labute approximate surface area is 222 Å². The number of ether oxygens (including phenoxy) is 2.